The normalized spacial score (nSPS) is 18.3. The molecule has 31 heavy (non-hydrogen) atoms. The number of esters is 1. The fraction of sp³-hybridized carbons (Fsp3) is 0.292. The zero-order valence-corrected chi connectivity index (χ0v) is 18.7. The maximum Gasteiger partial charge on any atom is 0.339 e. The van der Waals surface area contributed by atoms with Crippen LogP contribution in [0.5, 0.6) is 0 Å². The van der Waals surface area contributed by atoms with Gasteiger partial charge in [-0.25, -0.2) is 4.79 Å². The SMILES string of the molecule is COC(=O)c1ccccc1-n1cccc1[C@@H]1[C@@H](c2ccccn2)NC(=S)N1CC(C)C. The molecule has 0 aliphatic carbocycles. The predicted molar refractivity (Wildman–Crippen MR) is 124 cm³/mol. The topological polar surface area (TPSA) is 59.4 Å². The molecule has 6 nitrogen and oxygen atoms in total. The number of hydrogen-bond donors (Lipinski definition) is 1. The first-order valence-electron chi connectivity index (χ1n) is 10.3. The van der Waals surface area contributed by atoms with E-state index in [4.69, 9.17) is 17.0 Å². The van der Waals surface area contributed by atoms with Crippen LogP contribution in [0.4, 0.5) is 0 Å². The van der Waals surface area contributed by atoms with E-state index in [9.17, 15) is 4.79 Å². The molecule has 3 heterocycles. The third kappa shape index (κ3) is 4.05. The lowest BCUT2D eigenvalue weighted by Gasteiger charge is -2.30. The molecule has 1 aliphatic heterocycles. The summed E-state index contributed by atoms with van der Waals surface area (Å²) in [5, 5.41) is 4.19. The number of thiocarbonyl (C=S) groups is 1. The summed E-state index contributed by atoms with van der Waals surface area (Å²) in [6, 6.07) is 17.3. The first kappa shape index (κ1) is 21.1. The predicted octanol–water partition coefficient (Wildman–Crippen LogP) is 4.29. The molecule has 0 radical (unpaired) electrons. The number of para-hydroxylation sites is 1. The molecule has 7 heteroatoms. The van der Waals surface area contributed by atoms with Crippen LogP contribution in [0.1, 0.15) is 47.7 Å². The Balaban J connectivity index is 1.85. The standard InChI is InChI=1S/C24H26N4O2S/c1-16(2)15-28-22(21(26-24(28)31)18-10-6-7-13-25-18)20-12-8-14-27(20)19-11-5-4-9-17(19)23(29)30-3/h4-14,16,21-22H,15H2,1-3H3,(H,26,31)/t21-,22-/m1/s1. The van der Waals surface area contributed by atoms with Crippen LogP contribution in [0.3, 0.4) is 0 Å². The van der Waals surface area contributed by atoms with Crippen LogP contribution >= 0.6 is 12.2 Å². The maximum atomic E-state index is 12.4. The van der Waals surface area contributed by atoms with Crippen LogP contribution in [-0.2, 0) is 4.74 Å². The number of ether oxygens (including phenoxy) is 1. The van der Waals surface area contributed by atoms with Crippen molar-refractivity contribution in [1.29, 1.82) is 0 Å². The van der Waals surface area contributed by atoms with Gasteiger partial charge in [0, 0.05) is 24.6 Å². The van der Waals surface area contributed by atoms with Crippen LogP contribution in [0, 0.1) is 5.92 Å². The summed E-state index contributed by atoms with van der Waals surface area (Å²) < 4.78 is 7.07. The lowest BCUT2D eigenvalue weighted by molar-refractivity contribution is 0.0600. The van der Waals surface area contributed by atoms with Gasteiger partial charge in [-0.15, -0.1) is 0 Å². The Morgan fingerprint density at radius 2 is 1.94 bits per heavy atom. The molecule has 3 aromatic rings. The lowest BCUT2D eigenvalue weighted by Crippen LogP contribution is -2.33. The minimum Gasteiger partial charge on any atom is -0.465 e. The number of pyridine rings is 1. The van der Waals surface area contributed by atoms with Crippen LogP contribution in [-0.4, -0.2) is 39.2 Å². The van der Waals surface area contributed by atoms with Gasteiger partial charge in [-0.2, -0.15) is 0 Å². The van der Waals surface area contributed by atoms with Crippen molar-refractivity contribution in [3.05, 3.63) is 83.9 Å². The smallest absolute Gasteiger partial charge is 0.339 e. The highest BCUT2D eigenvalue weighted by Crippen LogP contribution is 2.40. The molecular weight excluding hydrogens is 408 g/mol. The molecule has 0 saturated carbocycles. The highest BCUT2D eigenvalue weighted by Gasteiger charge is 2.41. The molecular formula is C24H26N4O2S. The fourth-order valence-corrected chi connectivity index (χ4v) is 4.45. The molecule has 1 N–H and O–H groups in total. The highest BCUT2D eigenvalue weighted by molar-refractivity contribution is 7.80. The van der Waals surface area contributed by atoms with Crippen LogP contribution < -0.4 is 5.32 Å². The van der Waals surface area contributed by atoms with Crippen molar-refractivity contribution in [3.8, 4) is 5.69 Å². The van der Waals surface area contributed by atoms with Gasteiger partial charge in [-0.1, -0.05) is 32.0 Å². The van der Waals surface area contributed by atoms with Crippen LogP contribution in [0.2, 0.25) is 0 Å². The molecule has 0 amide bonds. The van der Waals surface area contributed by atoms with E-state index in [1.807, 2.05) is 48.7 Å². The van der Waals surface area contributed by atoms with Crippen molar-refractivity contribution < 1.29 is 9.53 Å². The van der Waals surface area contributed by atoms with E-state index in [2.05, 4.69) is 39.7 Å². The average Bonchev–Trinajstić information content (AvgIpc) is 3.38. The van der Waals surface area contributed by atoms with Crippen molar-refractivity contribution in [2.75, 3.05) is 13.7 Å². The van der Waals surface area contributed by atoms with Gasteiger partial charge in [0.25, 0.3) is 0 Å². The average molecular weight is 435 g/mol. The lowest BCUT2D eigenvalue weighted by atomic mass is 10.00. The minimum atomic E-state index is -0.365. The summed E-state index contributed by atoms with van der Waals surface area (Å²) in [5.41, 5.74) is 3.24. The molecule has 1 saturated heterocycles. The first-order valence-corrected chi connectivity index (χ1v) is 10.7. The van der Waals surface area contributed by atoms with Crippen LogP contribution in [0.25, 0.3) is 5.69 Å². The van der Waals surface area contributed by atoms with Gasteiger partial charge in [-0.3, -0.25) is 4.98 Å². The van der Waals surface area contributed by atoms with E-state index in [1.165, 1.54) is 7.11 Å². The molecule has 4 rings (SSSR count). The van der Waals surface area contributed by atoms with Crippen molar-refractivity contribution >= 4 is 23.3 Å². The van der Waals surface area contributed by atoms with E-state index in [0.717, 1.165) is 23.6 Å². The largest absolute Gasteiger partial charge is 0.465 e. The number of aromatic nitrogens is 2. The quantitative estimate of drug-likeness (QED) is 0.461. The molecule has 0 unspecified atom stereocenters. The van der Waals surface area contributed by atoms with Crippen molar-refractivity contribution in [1.82, 2.24) is 19.8 Å². The fourth-order valence-electron chi connectivity index (χ4n) is 4.14. The molecule has 0 spiro atoms. The van der Waals surface area contributed by atoms with Gasteiger partial charge in [0.2, 0.25) is 0 Å². The number of hydrogen-bond acceptors (Lipinski definition) is 4. The second-order valence-electron chi connectivity index (χ2n) is 7.98. The van der Waals surface area contributed by atoms with E-state index in [1.54, 1.807) is 12.3 Å². The summed E-state index contributed by atoms with van der Waals surface area (Å²) in [4.78, 5) is 19.2. The summed E-state index contributed by atoms with van der Waals surface area (Å²) in [5.74, 6) is 0.0612. The third-order valence-corrected chi connectivity index (χ3v) is 5.76. The Labute approximate surface area is 187 Å². The molecule has 2 aromatic heterocycles. The van der Waals surface area contributed by atoms with E-state index < -0.39 is 0 Å². The van der Waals surface area contributed by atoms with E-state index in [0.29, 0.717) is 16.6 Å². The number of benzene rings is 1. The Hall–Kier alpha value is -3.19. The molecule has 1 aliphatic rings. The maximum absolute atomic E-state index is 12.4. The zero-order chi connectivity index (χ0) is 22.0. The van der Waals surface area contributed by atoms with Crippen molar-refractivity contribution in [3.63, 3.8) is 0 Å². The minimum absolute atomic E-state index is 0.0782. The third-order valence-electron chi connectivity index (χ3n) is 5.41. The highest BCUT2D eigenvalue weighted by atomic mass is 32.1. The number of methoxy groups -OCH3 is 1. The number of nitrogens with one attached hydrogen (secondary N) is 1. The Kier molecular flexibility index (Phi) is 6.04. The van der Waals surface area contributed by atoms with Crippen molar-refractivity contribution in [2.24, 2.45) is 5.92 Å². The second kappa shape index (κ2) is 8.89. The van der Waals surface area contributed by atoms with Gasteiger partial charge in [0.05, 0.1) is 36.1 Å². The second-order valence-corrected chi connectivity index (χ2v) is 8.37. The zero-order valence-electron chi connectivity index (χ0n) is 17.9. The van der Waals surface area contributed by atoms with E-state index in [-0.39, 0.29) is 18.1 Å². The summed E-state index contributed by atoms with van der Waals surface area (Å²) in [6.45, 7) is 5.17. The van der Waals surface area contributed by atoms with Crippen LogP contribution in [0.15, 0.2) is 67.0 Å². The monoisotopic (exact) mass is 434 g/mol. The number of carbonyl (C=O) groups excluding carboxylic acids is 1. The van der Waals surface area contributed by atoms with Gasteiger partial charge < -0.3 is 19.5 Å². The van der Waals surface area contributed by atoms with Gasteiger partial charge >= 0.3 is 5.97 Å². The van der Waals surface area contributed by atoms with Gasteiger partial charge in [0.1, 0.15) is 0 Å². The van der Waals surface area contributed by atoms with E-state index >= 15 is 0 Å². The Bertz CT molecular complexity index is 1080. The summed E-state index contributed by atoms with van der Waals surface area (Å²) >= 11 is 5.74. The summed E-state index contributed by atoms with van der Waals surface area (Å²) in [6.07, 6.45) is 3.77. The Morgan fingerprint density at radius 3 is 2.65 bits per heavy atom. The molecule has 0 bridgehead atoms. The van der Waals surface area contributed by atoms with Gasteiger partial charge in [0.15, 0.2) is 5.11 Å². The Morgan fingerprint density at radius 1 is 1.16 bits per heavy atom. The number of nitrogens with zero attached hydrogens (tertiary/aromatic N) is 3. The molecule has 2 atom stereocenters. The molecule has 1 fully saturated rings. The van der Waals surface area contributed by atoms with Gasteiger partial charge in [-0.05, 0) is 54.5 Å². The number of carbonyl (C=O) groups is 1. The number of rotatable bonds is 6. The first-order chi connectivity index (χ1) is 15.0. The molecule has 1 aromatic carbocycles. The molecule has 160 valence electrons. The summed E-state index contributed by atoms with van der Waals surface area (Å²) in [7, 11) is 1.40. The van der Waals surface area contributed by atoms with Crippen molar-refractivity contribution in [2.45, 2.75) is 25.9 Å².